The van der Waals surface area contributed by atoms with Crippen LogP contribution in [0.25, 0.3) is 0 Å². The highest BCUT2D eigenvalue weighted by Crippen LogP contribution is 2.37. The quantitative estimate of drug-likeness (QED) is 0.753. The molecule has 1 unspecified atom stereocenters. The average molecular weight is 258 g/mol. The lowest BCUT2D eigenvalue weighted by atomic mass is 9.94. The second kappa shape index (κ2) is 5.12. The fourth-order valence-electron chi connectivity index (χ4n) is 2.97. The molecule has 2 aromatic rings. The number of fused-ring (bicyclic) bond motifs is 1. The van der Waals surface area contributed by atoms with Gasteiger partial charge in [-0.25, -0.2) is 8.78 Å². The van der Waals surface area contributed by atoms with Gasteiger partial charge in [0, 0.05) is 0 Å². The van der Waals surface area contributed by atoms with Gasteiger partial charge >= 0.3 is 0 Å². The molecule has 0 radical (unpaired) electrons. The first kappa shape index (κ1) is 12.3. The molecule has 98 valence electrons. The minimum Gasteiger partial charge on any atom is -0.204 e. The van der Waals surface area contributed by atoms with Gasteiger partial charge in [-0.2, -0.15) is 0 Å². The highest BCUT2D eigenvalue weighted by atomic mass is 19.2. The summed E-state index contributed by atoms with van der Waals surface area (Å²) >= 11 is 0. The largest absolute Gasteiger partial charge is 0.204 e. The van der Waals surface area contributed by atoms with Crippen molar-refractivity contribution in [1.29, 1.82) is 0 Å². The fourth-order valence-corrected chi connectivity index (χ4v) is 2.97. The van der Waals surface area contributed by atoms with Crippen LogP contribution in [0.1, 0.15) is 35.4 Å². The van der Waals surface area contributed by atoms with E-state index in [-0.39, 0.29) is 0 Å². The van der Waals surface area contributed by atoms with Gasteiger partial charge in [0.15, 0.2) is 11.6 Å². The van der Waals surface area contributed by atoms with Crippen LogP contribution in [0.15, 0.2) is 42.5 Å². The molecule has 19 heavy (non-hydrogen) atoms. The normalized spacial score (nSPS) is 17.5. The number of hydrogen-bond acceptors (Lipinski definition) is 0. The zero-order valence-electron chi connectivity index (χ0n) is 10.7. The Morgan fingerprint density at radius 1 is 1.00 bits per heavy atom. The molecule has 0 nitrogen and oxygen atoms in total. The van der Waals surface area contributed by atoms with Crippen molar-refractivity contribution < 1.29 is 8.78 Å². The van der Waals surface area contributed by atoms with Gasteiger partial charge in [0.25, 0.3) is 0 Å². The Bertz CT molecular complexity index is 575. The van der Waals surface area contributed by atoms with Crippen molar-refractivity contribution in [3.05, 3.63) is 70.8 Å². The van der Waals surface area contributed by atoms with Crippen LogP contribution in [0.3, 0.4) is 0 Å². The molecule has 3 rings (SSSR count). The van der Waals surface area contributed by atoms with E-state index in [2.05, 4.69) is 12.1 Å². The van der Waals surface area contributed by atoms with E-state index < -0.39 is 11.6 Å². The van der Waals surface area contributed by atoms with Crippen LogP contribution in [-0.2, 0) is 12.8 Å². The summed E-state index contributed by atoms with van der Waals surface area (Å²) in [5, 5.41) is 0. The first-order valence-electron chi connectivity index (χ1n) is 6.76. The van der Waals surface area contributed by atoms with Crippen molar-refractivity contribution in [2.24, 2.45) is 0 Å². The molecule has 0 saturated carbocycles. The van der Waals surface area contributed by atoms with Crippen LogP contribution >= 0.6 is 0 Å². The lowest BCUT2D eigenvalue weighted by Crippen LogP contribution is -1.98. The summed E-state index contributed by atoms with van der Waals surface area (Å²) in [7, 11) is 0. The third-order valence-electron chi connectivity index (χ3n) is 4.01. The Morgan fingerprint density at radius 3 is 2.53 bits per heavy atom. The predicted octanol–water partition coefficient (Wildman–Crippen LogP) is 4.63. The van der Waals surface area contributed by atoms with Crippen molar-refractivity contribution in [3.63, 3.8) is 0 Å². The topological polar surface area (TPSA) is 0 Å². The molecule has 0 spiro atoms. The highest BCUT2D eigenvalue weighted by Gasteiger charge is 2.24. The van der Waals surface area contributed by atoms with Crippen LogP contribution in [0, 0.1) is 11.6 Å². The molecule has 1 aliphatic carbocycles. The van der Waals surface area contributed by atoms with E-state index in [1.807, 2.05) is 18.2 Å². The van der Waals surface area contributed by atoms with E-state index in [9.17, 15) is 8.78 Å². The van der Waals surface area contributed by atoms with Crippen LogP contribution < -0.4 is 0 Å². The molecule has 0 fully saturated rings. The molecular weight excluding hydrogens is 242 g/mol. The van der Waals surface area contributed by atoms with Gasteiger partial charge in [-0.1, -0.05) is 30.3 Å². The first-order chi connectivity index (χ1) is 9.24. The van der Waals surface area contributed by atoms with E-state index in [4.69, 9.17) is 0 Å². The highest BCUT2D eigenvalue weighted by molar-refractivity contribution is 5.36. The minimum atomic E-state index is -0.720. The lowest BCUT2D eigenvalue weighted by Gasteiger charge is -2.11. The number of benzene rings is 2. The summed E-state index contributed by atoms with van der Waals surface area (Å²) in [5.41, 5.74) is 3.30. The van der Waals surface area contributed by atoms with Crippen molar-refractivity contribution in [3.8, 4) is 0 Å². The van der Waals surface area contributed by atoms with Gasteiger partial charge in [-0.3, -0.25) is 0 Å². The maximum atomic E-state index is 13.3. The van der Waals surface area contributed by atoms with Crippen LogP contribution in [0.4, 0.5) is 8.78 Å². The second-order valence-corrected chi connectivity index (χ2v) is 5.23. The Hall–Kier alpha value is -1.70. The maximum absolute atomic E-state index is 13.3. The molecule has 0 bridgehead atoms. The van der Waals surface area contributed by atoms with Crippen molar-refractivity contribution in [2.45, 2.75) is 31.6 Å². The molecule has 0 saturated heterocycles. The Labute approximate surface area is 112 Å². The van der Waals surface area contributed by atoms with Gasteiger partial charge in [0.1, 0.15) is 0 Å². The van der Waals surface area contributed by atoms with E-state index in [0.29, 0.717) is 5.92 Å². The molecule has 0 heterocycles. The van der Waals surface area contributed by atoms with Crippen molar-refractivity contribution >= 4 is 0 Å². The number of rotatable bonds is 3. The second-order valence-electron chi connectivity index (χ2n) is 5.23. The van der Waals surface area contributed by atoms with Gasteiger partial charge in [-0.15, -0.1) is 0 Å². The molecule has 2 heteroatoms. The van der Waals surface area contributed by atoms with E-state index in [1.54, 1.807) is 0 Å². The van der Waals surface area contributed by atoms with Crippen LogP contribution in [0.2, 0.25) is 0 Å². The number of halogens is 2. The predicted molar refractivity (Wildman–Crippen MR) is 72.2 cm³/mol. The Morgan fingerprint density at radius 2 is 1.74 bits per heavy atom. The number of hydrogen-bond donors (Lipinski definition) is 0. The zero-order valence-corrected chi connectivity index (χ0v) is 10.7. The summed E-state index contributed by atoms with van der Waals surface area (Å²) in [5.74, 6) is -1.07. The summed E-state index contributed by atoms with van der Waals surface area (Å²) in [6.45, 7) is 0. The fraction of sp³-hybridized carbons (Fsp3) is 0.294. The zero-order chi connectivity index (χ0) is 13.2. The van der Waals surface area contributed by atoms with Crippen molar-refractivity contribution in [2.75, 3.05) is 0 Å². The average Bonchev–Trinajstić information content (AvgIpc) is 2.80. The Balaban J connectivity index is 1.74. The molecule has 0 aliphatic heterocycles. The summed E-state index contributed by atoms with van der Waals surface area (Å²) in [4.78, 5) is 0. The van der Waals surface area contributed by atoms with Gasteiger partial charge in [-0.05, 0) is 60.4 Å². The molecule has 2 aromatic carbocycles. The van der Waals surface area contributed by atoms with E-state index in [0.717, 1.165) is 36.8 Å². The summed E-state index contributed by atoms with van der Waals surface area (Å²) in [6, 6.07) is 13.1. The van der Waals surface area contributed by atoms with Gasteiger partial charge in [0.2, 0.25) is 0 Å². The van der Waals surface area contributed by atoms with Crippen LogP contribution in [-0.4, -0.2) is 0 Å². The summed E-state index contributed by atoms with van der Waals surface area (Å²) < 4.78 is 26.5. The smallest absolute Gasteiger partial charge is 0.159 e. The third kappa shape index (κ3) is 2.53. The SMILES string of the molecule is Fc1cc2c(cc1F)C(CCc1ccccc1)CC2. The molecule has 0 aromatic heterocycles. The minimum absolute atomic E-state index is 0.366. The standard InChI is InChI=1S/C17H16F2/c18-16-10-14-9-8-13(15(14)11-17(16)19)7-6-12-4-2-1-3-5-12/h1-5,10-11,13H,6-9H2. The van der Waals surface area contributed by atoms with E-state index in [1.165, 1.54) is 17.7 Å². The molecular formula is C17H16F2. The third-order valence-corrected chi connectivity index (χ3v) is 4.01. The van der Waals surface area contributed by atoms with E-state index >= 15 is 0 Å². The monoisotopic (exact) mass is 258 g/mol. The Kier molecular flexibility index (Phi) is 3.33. The van der Waals surface area contributed by atoms with Crippen molar-refractivity contribution in [1.82, 2.24) is 0 Å². The molecule has 1 atom stereocenters. The van der Waals surface area contributed by atoms with Gasteiger partial charge in [0.05, 0.1) is 0 Å². The number of aryl methyl sites for hydroxylation is 2. The van der Waals surface area contributed by atoms with Crippen LogP contribution in [0.5, 0.6) is 0 Å². The van der Waals surface area contributed by atoms with Gasteiger partial charge < -0.3 is 0 Å². The maximum Gasteiger partial charge on any atom is 0.159 e. The molecule has 0 N–H and O–H groups in total. The first-order valence-corrected chi connectivity index (χ1v) is 6.76. The molecule has 1 aliphatic rings. The summed E-state index contributed by atoms with van der Waals surface area (Å²) in [6.07, 6.45) is 3.86. The lowest BCUT2D eigenvalue weighted by molar-refractivity contribution is 0.505. The molecule has 0 amide bonds.